The van der Waals surface area contributed by atoms with Crippen molar-refractivity contribution < 1.29 is 89.4 Å². The van der Waals surface area contributed by atoms with Crippen LogP contribution < -0.4 is 0 Å². The maximum Gasteiger partial charge on any atom is 0.309 e. The summed E-state index contributed by atoms with van der Waals surface area (Å²) in [5.74, 6) is -0.242. The second kappa shape index (κ2) is 15.5. The molecular formula is C39H62O18. The van der Waals surface area contributed by atoms with E-state index in [9.17, 15) is 61.0 Å². The summed E-state index contributed by atoms with van der Waals surface area (Å²) in [6.07, 6.45) is -18.7. The van der Waals surface area contributed by atoms with E-state index in [4.69, 9.17) is 28.4 Å². The number of carboxylic acid groups (broad SMARTS) is 1. The summed E-state index contributed by atoms with van der Waals surface area (Å²) in [4.78, 5) is 12.7. The van der Waals surface area contributed by atoms with E-state index in [1.54, 1.807) is 0 Å². The van der Waals surface area contributed by atoms with Gasteiger partial charge >= 0.3 is 5.97 Å². The minimum absolute atomic E-state index is 0. The van der Waals surface area contributed by atoms with E-state index in [0.29, 0.717) is 25.7 Å². The molecule has 11 N–H and O–H groups in total. The van der Waals surface area contributed by atoms with E-state index in [0.717, 1.165) is 37.7 Å². The number of carboxylic acids is 1. The Bertz CT molecular complexity index is 1500. The largest absolute Gasteiger partial charge is 0.481 e. The molecule has 5 aliphatic carbocycles. The fourth-order valence-corrected chi connectivity index (χ4v) is 13.1. The van der Waals surface area contributed by atoms with Gasteiger partial charge in [0.05, 0.1) is 30.8 Å². The number of fused-ring (bicyclic) bond motifs is 1. The van der Waals surface area contributed by atoms with Crippen LogP contribution in [0, 0.1) is 34.0 Å². The van der Waals surface area contributed by atoms with Crippen LogP contribution in [0.4, 0.5) is 0 Å². The minimum Gasteiger partial charge on any atom is -0.481 e. The first-order valence-electron chi connectivity index (χ1n) is 20.0. The van der Waals surface area contributed by atoms with Gasteiger partial charge in [-0.05, 0) is 92.4 Å². The summed E-state index contributed by atoms with van der Waals surface area (Å²) < 4.78 is 36.8. The van der Waals surface area contributed by atoms with Gasteiger partial charge in [0.25, 0.3) is 0 Å². The topological polar surface area (TPSA) is 295 Å². The maximum atomic E-state index is 12.7. The average molecular weight is 819 g/mol. The molecule has 8 rings (SSSR count). The summed E-state index contributed by atoms with van der Waals surface area (Å²) in [5, 5.41) is 116. The standard InChI is InChI=1S/C38H58O18.CH4/c1-15-8-36-7-4-20-35(2,34(49)50)5-3-6-37(20)9-16(30(36)37)10-38(15,14-36)56-33-29(55-32-27(48)25(46)22(43)18(12-40)52-32)28(23(44)19(13-41)53-33)54-31-26(47)24(45)21(42)17(11-39)51-31;/h16-33,39-48H,1,3-14H2,2H3,(H,49,50);1H4/t16?,17?,18?,19?,20-,21?,22?,23?,24?,25?,26?,27?,28?,29?,30-,31?,32?,33?,35-,36-,37+,38+;/m1./s1. The number of carbonyl (C=O) groups is 1. The smallest absolute Gasteiger partial charge is 0.309 e. The second-order valence-electron chi connectivity index (χ2n) is 18.3. The lowest BCUT2D eigenvalue weighted by molar-refractivity contribution is -0.401. The predicted molar refractivity (Wildman–Crippen MR) is 191 cm³/mol. The number of hydrogen-bond acceptors (Lipinski definition) is 17. The SMILES string of the molecule is C.C=C1C[C@]23CC[C@H]4[C@]5(CCC[C@@]4(C)C(=O)O)CC(C[C@]1(OC1OC(CO)C(O)C(OC4OC(CO)C(O)C(O)C4O)C1OC1OC(CO)C(O)C(O)C1O)C2)[C@H]35. The van der Waals surface area contributed by atoms with Crippen LogP contribution in [0.25, 0.3) is 0 Å². The Morgan fingerprint density at radius 1 is 0.737 bits per heavy atom. The third-order valence-electron chi connectivity index (χ3n) is 15.5. The zero-order chi connectivity index (χ0) is 40.3. The van der Waals surface area contributed by atoms with Gasteiger partial charge in [0.2, 0.25) is 0 Å². The summed E-state index contributed by atoms with van der Waals surface area (Å²) in [6.45, 7) is 4.11. The molecule has 326 valence electrons. The van der Waals surface area contributed by atoms with Crippen molar-refractivity contribution in [1.82, 2.24) is 0 Å². The van der Waals surface area contributed by atoms with Crippen molar-refractivity contribution in [2.75, 3.05) is 19.8 Å². The van der Waals surface area contributed by atoms with Gasteiger partial charge in [-0.1, -0.05) is 20.4 Å². The number of hydrogen-bond donors (Lipinski definition) is 11. The van der Waals surface area contributed by atoms with Crippen LogP contribution in [-0.4, -0.2) is 180 Å². The van der Waals surface area contributed by atoms with Crippen LogP contribution in [-0.2, 0) is 33.2 Å². The van der Waals surface area contributed by atoms with E-state index >= 15 is 0 Å². The predicted octanol–water partition coefficient (Wildman–Crippen LogP) is -2.13. The van der Waals surface area contributed by atoms with Gasteiger partial charge in [-0.25, -0.2) is 0 Å². The molecule has 5 saturated carbocycles. The molecule has 2 bridgehead atoms. The number of aliphatic carboxylic acids is 1. The number of ether oxygens (including phenoxy) is 6. The molecule has 3 heterocycles. The molecule has 0 aromatic heterocycles. The monoisotopic (exact) mass is 818 g/mol. The highest BCUT2D eigenvalue weighted by Gasteiger charge is 2.77. The Labute approximate surface area is 330 Å². The quantitative estimate of drug-likeness (QED) is 0.0829. The first kappa shape index (κ1) is 43.7. The van der Waals surface area contributed by atoms with Crippen LogP contribution >= 0.6 is 0 Å². The highest BCUT2D eigenvalue weighted by molar-refractivity contribution is 5.75. The molecule has 2 spiro atoms. The normalized spacial score (nSPS) is 55.5. The summed E-state index contributed by atoms with van der Waals surface area (Å²) >= 11 is 0. The van der Waals surface area contributed by atoms with Crippen molar-refractivity contribution in [3.05, 3.63) is 12.2 Å². The van der Waals surface area contributed by atoms with E-state index in [-0.39, 0.29) is 36.0 Å². The molecular weight excluding hydrogens is 756 g/mol. The molecule has 0 aromatic carbocycles. The number of rotatable bonds is 10. The molecule has 8 fully saturated rings. The average Bonchev–Trinajstić information content (AvgIpc) is 3.37. The molecule has 0 aromatic rings. The lowest BCUT2D eigenvalue weighted by Crippen LogP contribution is -2.70. The molecule has 0 amide bonds. The molecule has 8 aliphatic rings. The van der Waals surface area contributed by atoms with Crippen molar-refractivity contribution in [3.8, 4) is 0 Å². The Hall–Kier alpha value is -1.43. The van der Waals surface area contributed by atoms with Gasteiger partial charge < -0.3 is 84.6 Å². The fraction of sp³-hybridized carbons (Fsp3) is 0.923. The fourth-order valence-electron chi connectivity index (χ4n) is 13.1. The summed E-state index contributed by atoms with van der Waals surface area (Å²) in [7, 11) is 0. The van der Waals surface area contributed by atoms with Crippen molar-refractivity contribution in [3.63, 3.8) is 0 Å². The summed E-state index contributed by atoms with van der Waals surface area (Å²) in [5.41, 5.74) is -1.34. The van der Waals surface area contributed by atoms with Crippen LogP contribution in [0.15, 0.2) is 12.2 Å². The third kappa shape index (κ3) is 6.48. The molecule has 18 nitrogen and oxygen atoms in total. The molecule has 22 atom stereocenters. The molecule has 3 aliphatic heterocycles. The van der Waals surface area contributed by atoms with Crippen LogP contribution in [0.1, 0.15) is 72.1 Å². The Morgan fingerprint density at radius 2 is 1.28 bits per heavy atom. The van der Waals surface area contributed by atoms with Crippen LogP contribution in [0.3, 0.4) is 0 Å². The van der Waals surface area contributed by atoms with Gasteiger partial charge in [0.1, 0.15) is 73.2 Å². The Morgan fingerprint density at radius 3 is 1.84 bits per heavy atom. The third-order valence-corrected chi connectivity index (χ3v) is 15.5. The maximum absolute atomic E-state index is 12.7. The number of aliphatic hydroxyl groups excluding tert-OH is 10. The zero-order valence-corrected chi connectivity index (χ0v) is 31.4. The van der Waals surface area contributed by atoms with Gasteiger partial charge in [0, 0.05) is 0 Å². The van der Waals surface area contributed by atoms with Crippen molar-refractivity contribution in [2.45, 2.75) is 170 Å². The Kier molecular flexibility index (Phi) is 11.9. The summed E-state index contributed by atoms with van der Waals surface area (Å²) in [6, 6.07) is 0. The number of aliphatic hydroxyl groups is 10. The second-order valence-corrected chi connectivity index (χ2v) is 18.3. The molecule has 0 radical (unpaired) electrons. The molecule has 57 heavy (non-hydrogen) atoms. The van der Waals surface area contributed by atoms with E-state index in [1.165, 1.54) is 0 Å². The minimum atomic E-state index is -1.91. The first-order chi connectivity index (χ1) is 26.5. The van der Waals surface area contributed by atoms with Gasteiger partial charge in [-0.3, -0.25) is 4.79 Å². The van der Waals surface area contributed by atoms with Crippen molar-refractivity contribution in [1.29, 1.82) is 0 Å². The zero-order valence-electron chi connectivity index (χ0n) is 31.4. The molecule has 16 unspecified atom stereocenters. The van der Waals surface area contributed by atoms with Crippen LogP contribution in [0.5, 0.6) is 0 Å². The van der Waals surface area contributed by atoms with Crippen molar-refractivity contribution >= 4 is 5.97 Å². The highest BCUT2D eigenvalue weighted by atomic mass is 16.8. The molecule has 18 heteroatoms. The molecule has 3 saturated heterocycles. The van der Waals surface area contributed by atoms with E-state index < -0.39 is 129 Å². The van der Waals surface area contributed by atoms with Crippen LogP contribution in [0.2, 0.25) is 0 Å². The van der Waals surface area contributed by atoms with Gasteiger partial charge in [0.15, 0.2) is 18.9 Å². The highest BCUT2D eigenvalue weighted by Crippen LogP contribution is 2.81. The van der Waals surface area contributed by atoms with Gasteiger partial charge in [-0.15, -0.1) is 0 Å². The van der Waals surface area contributed by atoms with E-state index in [2.05, 4.69) is 6.58 Å². The Balaban J connectivity index is 0.00000496. The van der Waals surface area contributed by atoms with Crippen molar-refractivity contribution in [2.24, 2.45) is 34.0 Å². The lowest BCUT2D eigenvalue weighted by Gasteiger charge is -2.74. The first-order valence-corrected chi connectivity index (χ1v) is 20.0. The van der Waals surface area contributed by atoms with E-state index in [1.807, 2.05) is 6.92 Å². The lowest BCUT2D eigenvalue weighted by atomic mass is 9.30. The van der Waals surface area contributed by atoms with Gasteiger partial charge in [-0.2, -0.15) is 0 Å².